The molecule has 13 heteroatoms. The predicted octanol–water partition coefficient (Wildman–Crippen LogP) is 1.44. The van der Waals surface area contributed by atoms with Crippen molar-refractivity contribution in [2.24, 2.45) is 52.3 Å². The third kappa shape index (κ3) is 5.98. The molecule has 0 radical (unpaired) electrons. The van der Waals surface area contributed by atoms with E-state index in [2.05, 4.69) is 27.7 Å². The van der Waals surface area contributed by atoms with Crippen LogP contribution < -0.4 is 0 Å². The van der Waals surface area contributed by atoms with Crippen LogP contribution in [0.1, 0.15) is 91.9 Å². The molecule has 8 rings (SSSR count). The van der Waals surface area contributed by atoms with Gasteiger partial charge in [-0.3, -0.25) is 0 Å². The molecule has 13 nitrogen and oxygen atoms in total. The number of rotatable bonds is 6. The number of fused-ring (bicyclic) bond motifs is 7. The maximum absolute atomic E-state index is 11.2. The summed E-state index contributed by atoms with van der Waals surface area (Å²) in [7, 11) is 0. The first-order valence-electron chi connectivity index (χ1n) is 20.3. The molecule has 8 aliphatic rings. The van der Waals surface area contributed by atoms with Gasteiger partial charge in [-0.2, -0.15) is 0 Å². The number of ether oxygens (including phenoxy) is 6. The first-order chi connectivity index (χ1) is 24.7. The van der Waals surface area contributed by atoms with Crippen LogP contribution in [0.5, 0.6) is 0 Å². The van der Waals surface area contributed by atoms with Gasteiger partial charge in [-0.15, -0.1) is 0 Å². The maximum Gasteiger partial charge on any atom is 0.187 e. The van der Waals surface area contributed by atoms with E-state index in [-0.39, 0.29) is 23.0 Å². The highest BCUT2D eigenvalue weighted by molar-refractivity contribution is 5.15. The van der Waals surface area contributed by atoms with E-state index >= 15 is 0 Å². The monoisotopic (exact) mass is 740 g/mol. The molecule has 0 aromatic carbocycles. The Balaban J connectivity index is 0.892. The second-order valence-corrected chi connectivity index (χ2v) is 18.7. The van der Waals surface area contributed by atoms with Crippen molar-refractivity contribution in [3.63, 3.8) is 0 Å². The molecule has 0 aromatic heterocycles. The van der Waals surface area contributed by atoms with Crippen molar-refractivity contribution in [2.75, 3.05) is 19.8 Å². The molecule has 8 fully saturated rings. The predicted molar refractivity (Wildman–Crippen MR) is 183 cm³/mol. The summed E-state index contributed by atoms with van der Waals surface area (Å²) in [6.45, 7) is 9.33. The van der Waals surface area contributed by atoms with Gasteiger partial charge in [0.05, 0.1) is 32.0 Å². The summed E-state index contributed by atoms with van der Waals surface area (Å²) in [5, 5.41) is 72.8. The van der Waals surface area contributed by atoms with E-state index in [9.17, 15) is 35.7 Å². The lowest BCUT2D eigenvalue weighted by atomic mass is 9.44. The van der Waals surface area contributed by atoms with Crippen LogP contribution in [-0.2, 0) is 28.4 Å². The van der Waals surface area contributed by atoms with Crippen molar-refractivity contribution >= 4 is 0 Å². The zero-order valence-corrected chi connectivity index (χ0v) is 31.2. The summed E-state index contributed by atoms with van der Waals surface area (Å²) in [6.07, 6.45) is -3.66. The quantitative estimate of drug-likeness (QED) is 0.194. The molecule has 4 saturated heterocycles. The standard InChI is InChI=1S/C39H64O13/c1-18-7-12-39(47-17-18)19(2)28-25(52-39)14-24-22-6-5-20-13-21(8-10-37(20,3)23(22)9-11-38(24,28)4)48-35-33(46)31(44)34(27(16-41)50-35)51-36-32(45)30(43)29(42)26(15-40)49-36/h18-36,40-46H,5-17H2,1-4H3/t18-,19-,20+,21-,22+,23-,24-,25-,26+,27+,28-,29+,30-,31+,32+,33+,34-,35+,36-,37-,38-,39+/m0/s1. The molecular formula is C39H64O13. The number of hydrogen-bond donors (Lipinski definition) is 7. The number of aliphatic hydroxyl groups is 7. The highest BCUT2D eigenvalue weighted by Gasteiger charge is 2.69. The Morgan fingerprint density at radius 2 is 1.37 bits per heavy atom. The molecule has 7 N–H and O–H groups in total. The highest BCUT2D eigenvalue weighted by Crippen LogP contribution is 2.71. The Morgan fingerprint density at radius 3 is 2.08 bits per heavy atom. The molecule has 0 bridgehead atoms. The minimum Gasteiger partial charge on any atom is -0.394 e. The van der Waals surface area contributed by atoms with Gasteiger partial charge in [-0.1, -0.05) is 27.7 Å². The number of hydrogen-bond acceptors (Lipinski definition) is 13. The van der Waals surface area contributed by atoms with Gasteiger partial charge in [-0.05, 0) is 104 Å². The second kappa shape index (κ2) is 14.1. The van der Waals surface area contributed by atoms with Crippen molar-refractivity contribution in [2.45, 2.75) is 171 Å². The van der Waals surface area contributed by atoms with Crippen LogP contribution in [0.4, 0.5) is 0 Å². The van der Waals surface area contributed by atoms with E-state index in [1.165, 1.54) is 25.7 Å². The van der Waals surface area contributed by atoms with Crippen LogP contribution in [0.3, 0.4) is 0 Å². The molecule has 52 heavy (non-hydrogen) atoms. The second-order valence-electron chi connectivity index (χ2n) is 18.7. The topological polar surface area (TPSA) is 197 Å². The van der Waals surface area contributed by atoms with Crippen LogP contribution >= 0.6 is 0 Å². The lowest BCUT2D eigenvalue weighted by molar-refractivity contribution is -0.364. The average Bonchev–Trinajstić information content (AvgIpc) is 3.58. The van der Waals surface area contributed by atoms with E-state index in [0.717, 1.165) is 45.1 Å². The van der Waals surface area contributed by atoms with Gasteiger partial charge in [0.25, 0.3) is 0 Å². The fourth-order valence-electron chi connectivity index (χ4n) is 13.2. The Labute approximate surface area is 307 Å². The molecule has 0 aromatic rings. The zero-order valence-electron chi connectivity index (χ0n) is 31.2. The normalized spacial score (nSPS) is 59.0. The van der Waals surface area contributed by atoms with Crippen LogP contribution in [0, 0.1) is 52.3 Å². The molecular weight excluding hydrogens is 676 g/mol. The Hall–Kier alpha value is -0.520. The van der Waals surface area contributed by atoms with E-state index < -0.39 is 80.4 Å². The van der Waals surface area contributed by atoms with Crippen molar-refractivity contribution in [1.29, 1.82) is 0 Å². The minimum atomic E-state index is -1.71. The summed E-state index contributed by atoms with van der Waals surface area (Å²) in [5.41, 5.74) is 0.468. The number of aliphatic hydroxyl groups excluding tert-OH is 7. The van der Waals surface area contributed by atoms with Gasteiger partial charge in [0.1, 0.15) is 48.8 Å². The van der Waals surface area contributed by atoms with Crippen LogP contribution in [-0.4, -0.2) is 135 Å². The lowest BCUT2D eigenvalue weighted by Crippen LogP contribution is -2.65. The molecule has 4 aliphatic heterocycles. The van der Waals surface area contributed by atoms with E-state index in [0.29, 0.717) is 41.4 Å². The van der Waals surface area contributed by atoms with Crippen molar-refractivity contribution in [1.82, 2.24) is 0 Å². The van der Waals surface area contributed by atoms with Crippen LogP contribution in [0.25, 0.3) is 0 Å². The van der Waals surface area contributed by atoms with Gasteiger partial charge in [-0.25, -0.2) is 0 Å². The van der Waals surface area contributed by atoms with Gasteiger partial charge < -0.3 is 64.2 Å². The largest absolute Gasteiger partial charge is 0.394 e. The smallest absolute Gasteiger partial charge is 0.187 e. The molecule has 4 heterocycles. The molecule has 298 valence electrons. The van der Waals surface area contributed by atoms with E-state index in [1.807, 2.05) is 0 Å². The average molecular weight is 741 g/mol. The van der Waals surface area contributed by atoms with Gasteiger partial charge in [0.15, 0.2) is 18.4 Å². The summed E-state index contributed by atoms with van der Waals surface area (Å²) < 4.78 is 37.0. The molecule has 0 unspecified atom stereocenters. The van der Waals surface area contributed by atoms with Gasteiger partial charge in [0.2, 0.25) is 0 Å². The van der Waals surface area contributed by atoms with Crippen LogP contribution in [0.2, 0.25) is 0 Å². The van der Waals surface area contributed by atoms with Crippen molar-refractivity contribution < 1.29 is 64.2 Å². The SMILES string of the molecule is C[C@H]1CC[C@@]2(OC1)O[C@H]1C[C@H]3[C@@H]4CC[C@@H]5C[C@@H](O[C@@H]6O[C@H](CO)[C@H](O[C@@H]7O[C@H](CO)[C@@H](O)[C@H](O)[C@H]7O)[C@H](O)[C@H]6O)CC[C@]5(C)[C@H]4CC[C@]3(C)[C@H]1[C@@H]2C. The zero-order chi connectivity index (χ0) is 36.9. The van der Waals surface area contributed by atoms with Crippen molar-refractivity contribution in [3.8, 4) is 0 Å². The van der Waals surface area contributed by atoms with E-state index in [1.54, 1.807) is 0 Å². The Bertz CT molecular complexity index is 1260. The Kier molecular flexibility index (Phi) is 10.4. The van der Waals surface area contributed by atoms with Gasteiger partial charge >= 0.3 is 0 Å². The highest BCUT2D eigenvalue weighted by atomic mass is 16.7. The molecule has 1 spiro atoms. The van der Waals surface area contributed by atoms with Gasteiger partial charge in [0, 0.05) is 12.3 Å². The first-order valence-corrected chi connectivity index (χ1v) is 20.3. The Morgan fingerprint density at radius 1 is 0.673 bits per heavy atom. The third-order valence-corrected chi connectivity index (χ3v) is 16.2. The maximum atomic E-state index is 11.2. The molecule has 4 aliphatic carbocycles. The summed E-state index contributed by atoms with van der Waals surface area (Å²) in [6, 6.07) is 0. The summed E-state index contributed by atoms with van der Waals surface area (Å²) >= 11 is 0. The first kappa shape index (κ1) is 38.4. The molecule has 0 amide bonds. The van der Waals surface area contributed by atoms with Crippen molar-refractivity contribution in [3.05, 3.63) is 0 Å². The summed E-state index contributed by atoms with van der Waals surface area (Å²) in [5.74, 6) is 3.63. The summed E-state index contributed by atoms with van der Waals surface area (Å²) in [4.78, 5) is 0. The fraction of sp³-hybridized carbons (Fsp3) is 1.00. The molecule has 22 atom stereocenters. The third-order valence-electron chi connectivity index (χ3n) is 16.2. The lowest BCUT2D eigenvalue weighted by Gasteiger charge is -2.61. The fourth-order valence-corrected chi connectivity index (χ4v) is 13.2. The van der Waals surface area contributed by atoms with E-state index in [4.69, 9.17) is 28.4 Å². The van der Waals surface area contributed by atoms with Crippen LogP contribution in [0.15, 0.2) is 0 Å². The minimum absolute atomic E-state index is 0.188. The molecule has 4 saturated carbocycles.